The average molecular weight is 359 g/mol. The number of urea groups is 1. The van der Waals surface area contributed by atoms with Crippen LogP contribution in [-0.2, 0) is 11.8 Å². The van der Waals surface area contributed by atoms with Crippen LogP contribution in [0.2, 0.25) is 0 Å². The van der Waals surface area contributed by atoms with Crippen molar-refractivity contribution in [2.75, 3.05) is 11.4 Å². The maximum atomic E-state index is 13.1. The van der Waals surface area contributed by atoms with E-state index in [1.165, 1.54) is 12.1 Å². The van der Waals surface area contributed by atoms with Crippen LogP contribution in [-0.4, -0.2) is 34.1 Å². The molecule has 1 fully saturated rings. The normalized spacial score (nSPS) is 18.5. The Balaban J connectivity index is 1.62. The number of piperidine rings is 1. The molecule has 0 bridgehead atoms. The minimum Gasteiger partial charge on any atom is -0.336 e. The fourth-order valence-electron chi connectivity index (χ4n) is 3.14. The van der Waals surface area contributed by atoms with Crippen LogP contribution < -0.4 is 15.5 Å². The number of hydrogen-bond donors (Lipinski definition) is 2. The van der Waals surface area contributed by atoms with Crippen molar-refractivity contribution in [2.45, 2.75) is 31.8 Å². The summed E-state index contributed by atoms with van der Waals surface area (Å²) in [6.45, 7) is 2.40. The van der Waals surface area contributed by atoms with Gasteiger partial charge in [0.05, 0.1) is 24.3 Å². The third-order valence-corrected chi connectivity index (χ3v) is 4.53. The zero-order chi connectivity index (χ0) is 18.7. The SMILES string of the molecule is CC(NC(=O)NC1CCCN(c2ccc(F)cc2)C1=O)c1cncn1C. The summed E-state index contributed by atoms with van der Waals surface area (Å²) in [5.41, 5.74) is 1.50. The van der Waals surface area contributed by atoms with Gasteiger partial charge in [0.15, 0.2) is 0 Å². The Morgan fingerprint density at radius 3 is 2.73 bits per heavy atom. The molecule has 2 atom stereocenters. The van der Waals surface area contributed by atoms with Gasteiger partial charge >= 0.3 is 6.03 Å². The summed E-state index contributed by atoms with van der Waals surface area (Å²) >= 11 is 0. The first-order chi connectivity index (χ1) is 12.5. The molecule has 1 aromatic heterocycles. The third kappa shape index (κ3) is 3.84. The summed E-state index contributed by atoms with van der Waals surface area (Å²) in [5.74, 6) is -0.539. The molecule has 26 heavy (non-hydrogen) atoms. The van der Waals surface area contributed by atoms with E-state index in [1.807, 2.05) is 18.5 Å². The van der Waals surface area contributed by atoms with E-state index in [0.29, 0.717) is 18.7 Å². The van der Waals surface area contributed by atoms with Crippen LogP contribution in [0, 0.1) is 5.82 Å². The van der Waals surface area contributed by atoms with Crippen molar-refractivity contribution >= 4 is 17.6 Å². The van der Waals surface area contributed by atoms with Gasteiger partial charge in [0.2, 0.25) is 5.91 Å². The topological polar surface area (TPSA) is 79.3 Å². The predicted octanol–water partition coefficient (Wildman–Crippen LogP) is 2.12. The largest absolute Gasteiger partial charge is 0.336 e. The van der Waals surface area contributed by atoms with Gasteiger partial charge in [-0.2, -0.15) is 0 Å². The predicted molar refractivity (Wildman–Crippen MR) is 95.1 cm³/mol. The van der Waals surface area contributed by atoms with E-state index in [2.05, 4.69) is 15.6 Å². The Kier molecular flexibility index (Phi) is 5.20. The van der Waals surface area contributed by atoms with Crippen molar-refractivity contribution in [3.8, 4) is 0 Å². The molecule has 3 rings (SSSR count). The number of rotatable bonds is 4. The molecule has 0 aliphatic carbocycles. The maximum Gasteiger partial charge on any atom is 0.315 e. The number of halogens is 1. The fourth-order valence-corrected chi connectivity index (χ4v) is 3.14. The number of anilines is 1. The Morgan fingerprint density at radius 2 is 2.08 bits per heavy atom. The number of carbonyl (C=O) groups excluding carboxylic acids is 2. The first kappa shape index (κ1) is 17.9. The molecular weight excluding hydrogens is 337 g/mol. The van der Waals surface area contributed by atoms with Crippen LogP contribution in [0.1, 0.15) is 31.5 Å². The molecule has 7 nitrogen and oxygen atoms in total. The van der Waals surface area contributed by atoms with Gasteiger partial charge in [-0.3, -0.25) is 4.79 Å². The number of nitrogens with zero attached hydrogens (tertiary/aromatic N) is 3. The monoisotopic (exact) mass is 359 g/mol. The Hall–Kier alpha value is -2.90. The summed E-state index contributed by atoms with van der Waals surface area (Å²) in [4.78, 5) is 30.6. The first-order valence-corrected chi connectivity index (χ1v) is 8.56. The summed E-state index contributed by atoms with van der Waals surface area (Å²) in [7, 11) is 1.85. The highest BCUT2D eigenvalue weighted by Crippen LogP contribution is 2.21. The van der Waals surface area contributed by atoms with Crippen molar-refractivity contribution in [1.29, 1.82) is 0 Å². The molecule has 1 aromatic carbocycles. The van der Waals surface area contributed by atoms with Gasteiger partial charge in [0, 0.05) is 19.3 Å². The molecular formula is C18H22FN5O2. The molecule has 8 heteroatoms. The summed E-state index contributed by atoms with van der Waals surface area (Å²) in [5, 5.41) is 5.57. The Bertz CT molecular complexity index is 789. The third-order valence-electron chi connectivity index (χ3n) is 4.53. The van der Waals surface area contributed by atoms with E-state index >= 15 is 0 Å². The van der Waals surface area contributed by atoms with Crippen LogP contribution >= 0.6 is 0 Å². The molecule has 3 amide bonds. The van der Waals surface area contributed by atoms with Gasteiger partial charge < -0.3 is 20.1 Å². The van der Waals surface area contributed by atoms with E-state index in [4.69, 9.17) is 0 Å². The van der Waals surface area contributed by atoms with E-state index in [9.17, 15) is 14.0 Å². The molecule has 2 unspecified atom stereocenters. The fraction of sp³-hybridized carbons (Fsp3) is 0.389. The molecule has 1 aliphatic heterocycles. The highest BCUT2D eigenvalue weighted by Gasteiger charge is 2.31. The summed E-state index contributed by atoms with van der Waals surface area (Å²) in [6, 6.07) is 4.53. The molecule has 138 valence electrons. The van der Waals surface area contributed by atoms with Crippen LogP contribution in [0.15, 0.2) is 36.8 Å². The first-order valence-electron chi connectivity index (χ1n) is 8.56. The zero-order valence-corrected chi connectivity index (χ0v) is 14.8. The van der Waals surface area contributed by atoms with Gasteiger partial charge in [-0.1, -0.05) is 0 Å². The number of aryl methyl sites for hydroxylation is 1. The van der Waals surface area contributed by atoms with Crippen LogP contribution in [0.25, 0.3) is 0 Å². The number of imidazole rings is 1. The number of hydrogen-bond acceptors (Lipinski definition) is 3. The van der Waals surface area contributed by atoms with Crippen molar-refractivity contribution in [3.63, 3.8) is 0 Å². The number of benzene rings is 1. The smallest absolute Gasteiger partial charge is 0.315 e. The minimum absolute atomic E-state index is 0.189. The van der Waals surface area contributed by atoms with Crippen molar-refractivity contribution < 1.29 is 14.0 Å². The Morgan fingerprint density at radius 1 is 1.35 bits per heavy atom. The summed E-state index contributed by atoms with van der Waals surface area (Å²) < 4.78 is 14.9. The van der Waals surface area contributed by atoms with Gasteiger partial charge in [-0.05, 0) is 44.0 Å². The Labute approximate surface area is 151 Å². The second-order valence-corrected chi connectivity index (χ2v) is 6.43. The second kappa shape index (κ2) is 7.55. The maximum absolute atomic E-state index is 13.1. The lowest BCUT2D eigenvalue weighted by molar-refractivity contribution is -0.121. The van der Waals surface area contributed by atoms with Gasteiger partial charge in [0.1, 0.15) is 11.9 Å². The van der Waals surface area contributed by atoms with E-state index in [1.54, 1.807) is 29.6 Å². The molecule has 2 N–H and O–H groups in total. The van der Waals surface area contributed by atoms with Crippen LogP contribution in [0.4, 0.5) is 14.9 Å². The lowest BCUT2D eigenvalue weighted by Crippen LogP contribution is -2.54. The van der Waals surface area contributed by atoms with Gasteiger partial charge in [-0.15, -0.1) is 0 Å². The van der Waals surface area contributed by atoms with Crippen molar-refractivity contribution in [2.24, 2.45) is 7.05 Å². The molecule has 1 saturated heterocycles. The standard InChI is InChI=1S/C18H22FN5O2/c1-12(16-10-20-11-23(16)2)21-18(26)22-15-4-3-9-24(17(15)25)14-7-5-13(19)6-8-14/h5-8,10-12,15H,3-4,9H2,1-2H3,(H2,21,22,26). The average Bonchev–Trinajstić information content (AvgIpc) is 3.04. The van der Waals surface area contributed by atoms with Crippen LogP contribution in [0.5, 0.6) is 0 Å². The highest BCUT2D eigenvalue weighted by atomic mass is 19.1. The lowest BCUT2D eigenvalue weighted by atomic mass is 10.0. The van der Waals surface area contributed by atoms with Crippen molar-refractivity contribution in [1.82, 2.24) is 20.2 Å². The molecule has 2 heterocycles. The molecule has 2 aromatic rings. The van der Waals surface area contributed by atoms with E-state index in [0.717, 1.165) is 12.1 Å². The highest BCUT2D eigenvalue weighted by molar-refractivity contribution is 5.99. The quantitative estimate of drug-likeness (QED) is 0.878. The molecule has 1 aliphatic rings. The van der Waals surface area contributed by atoms with Crippen LogP contribution in [0.3, 0.4) is 0 Å². The zero-order valence-electron chi connectivity index (χ0n) is 14.8. The van der Waals surface area contributed by atoms with Gasteiger partial charge in [-0.25, -0.2) is 14.2 Å². The number of nitrogens with one attached hydrogen (secondary N) is 2. The van der Waals surface area contributed by atoms with Crippen molar-refractivity contribution in [3.05, 3.63) is 48.3 Å². The lowest BCUT2D eigenvalue weighted by Gasteiger charge is -2.33. The van der Waals surface area contributed by atoms with Gasteiger partial charge in [0.25, 0.3) is 0 Å². The number of amides is 3. The molecule has 0 radical (unpaired) electrons. The second-order valence-electron chi connectivity index (χ2n) is 6.43. The van der Waals surface area contributed by atoms with E-state index < -0.39 is 12.1 Å². The number of aromatic nitrogens is 2. The minimum atomic E-state index is -0.604. The summed E-state index contributed by atoms with van der Waals surface area (Å²) in [6.07, 6.45) is 4.68. The number of carbonyl (C=O) groups is 2. The molecule has 0 spiro atoms. The van der Waals surface area contributed by atoms with E-state index in [-0.39, 0.29) is 17.8 Å². The molecule has 0 saturated carbocycles.